The van der Waals surface area contributed by atoms with E-state index in [2.05, 4.69) is 23.8 Å². The molecule has 2 aromatic heterocycles. The number of carbonyl (C=O) groups excluding carboxylic acids is 2. The molecule has 0 spiro atoms. The smallest absolute Gasteiger partial charge is 0.227 e. The average Bonchev–Trinajstić information content (AvgIpc) is 3.14. The second-order valence-electron chi connectivity index (χ2n) is 5.69. The molecular weight excluding hydrogens is 296 g/mol. The van der Waals surface area contributed by atoms with Crippen LogP contribution in [0.2, 0.25) is 0 Å². The summed E-state index contributed by atoms with van der Waals surface area (Å²) in [5.74, 6) is 0.207. The molecule has 0 saturated carbocycles. The van der Waals surface area contributed by atoms with E-state index in [1.165, 1.54) is 17.0 Å². The fraction of sp³-hybridized carbons (Fsp3) is 0.412. The van der Waals surface area contributed by atoms with E-state index in [4.69, 9.17) is 0 Å². The van der Waals surface area contributed by atoms with Crippen LogP contribution in [-0.2, 0) is 17.8 Å². The van der Waals surface area contributed by atoms with E-state index in [1.807, 2.05) is 22.4 Å². The number of rotatable bonds is 4. The van der Waals surface area contributed by atoms with Crippen molar-refractivity contribution in [1.29, 1.82) is 0 Å². The van der Waals surface area contributed by atoms with Crippen molar-refractivity contribution in [2.75, 3.05) is 6.54 Å². The number of hydrogen-bond donors (Lipinski definition) is 0. The van der Waals surface area contributed by atoms with E-state index in [1.54, 1.807) is 6.92 Å². The fourth-order valence-corrected chi connectivity index (χ4v) is 3.94. The van der Waals surface area contributed by atoms with Gasteiger partial charge in [0, 0.05) is 25.0 Å². The van der Waals surface area contributed by atoms with Crippen LogP contribution in [-0.4, -0.2) is 27.7 Å². The van der Waals surface area contributed by atoms with E-state index in [-0.39, 0.29) is 17.7 Å². The first kappa shape index (κ1) is 15.0. The molecule has 1 unspecified atom stereocenters. The third kappa shape index (κ3) is 2.73. The molecule has 116 valence electrons. The van der Waals surface area contributed by atoms with Gasteiger partial charge in [0.25, 0.3) is 0 Å². The average molecular weight is 316 g/mol. The zero-order valence-electron chi connectivity index (χ0n) is 12.9. The molecule has 0 saturated heterocycles. The molecule has 2 aromatic rings. The Labute approximate surface area is 134 Å². The highest BCUT2D eigenvalue weighted by Gasteiger charge is 2.29. The van der Waals surface area contributed by atoms with Crippen molar-refractivity contribution < 1.29 is 9.59 Å². The van der Waals surface area contributed by atoms with Gasteiger partial charge in [0.15, 0.2) is 5.78 Å². The molecule has 22 heavy (non-hydrogen) atoms. The predicted octanol–water partition coefficient (Wildman–Crippen LogP) is 3.29. The van der Waals surface area contributed by atoms with Crippen LogP contribution < -0.4 is 0 Å². The quantitative estimate of drug-likeness (QED) is 0.812. The summed E-state index contributed by atoms with van der Waals surface area (Å²) in [6, 6.07) is 6.15. The van der Waals surface area contributed by atoms with Crippen LogP contribution in [0.3, 0.4) is 0 Å². The highest BCUT2D eigenvalue weighted by Crippen LogP contribution is 2.29. The topological polar surface area (TPSA) is 42.3 Å². The minimum absolute atomic E-state index is 0.0610. The van der Waals surface area contributed by atoms with Gasteiger partial charge in [-0.1, -0.05) is 6.92 Å². The number of hydrogen-bond acceptors (Lipinski definition) is 3. The number of amides is 1. The fourth-order valence-electron chi connectivity index (χ4n) is 3.12. The van der Waals surface area contributed by atoms with Gasteiger partial charge in [-0.25, -0.2) is 0 Å². The minimum atomic E-state index is 0.0610. The van der Waals surface area contributed by atoms with Crippen LogP contribution in [0.15, 0.2) is 29.8 Å². The first-order valence-corrected chi connectivity index (χ1v) is 8.51. The Morgan fingerprint density at radius 3 is 2.86 bits per heavy atom. The van der Waals surface area contributed by atoms with Gasteiger partial charge in [-0.2, -0.15) is 0 Å². The summed E-state index contributed by atoms with van der Waals surface area (Å²) in [6.45, 7) is 5.28. The van der Waals surface area contributed by atoms with Crippen LogP contribution in [0.1, 0.15) is 47.2 Å². The summed E-state index contributed by atoms with van der Waals surface area (Å²) in [5, 5.41) is 1.92. The number of aromatic nitrogens is 1. The number of fused-ring (bicyclic) bond motifs is 1. The summed E-state index contributed by atoms with van der Waals surface area (Å²) in [4.78, 5) is 26.8. The molecule has 3 heterocycles. The Morgan fingerprint density at radius 1 is 1.36 bits per heavy atom. The van der Waals surface area contributed by atoms with Crippen molar-refractivity contribution in [3.63, 3.8) is 0 Å². The lowest BCUT2D eigenvalue weighted by Gasteiger charge is -2.36. The molecule has 0 aromatic carbocycles. The van der Waals surface area contributed by atoms with E-state index < -0.39 is 0 Å². The molecule has 0 bridgehead atoms. The Hall–Kier alpha value is -1.88. The van der Waals surface area contributed by atoms with Crippen LogP contribution >= 0.6 is 11.3 Å². The minimum Gasteiger partial charge on any atom is -0.348 e. The lowest BCUT2D eigenvalue weighted by molar-refractivity contribution is -0.134. The Morgan fingerprint density at radius 2 is 2.18 bits per heavy atom. The van der Waals surface area contributed by atoms with Gasteiger partial charge in [0.05, 0.1) is 17.3 Å². The molecule has 0 radical (unpaired) electrons. The number of carbonyl (C=O) groups is 2. The van der Waals surface area contributed by atoms with E-state index >= 15 is 0 Å². The number of nitrogens with zero attached hydrogens (tertiary/aromatic N) is 2. The third-order valence-electron chi connectivity index (χ3n) is 4.23. The molecule has 1 aliphatic rings. The zero-order valence-corrected chi connectivity index (χ0v) is 13.7. The first-order chi connectivity index (χ1) is 10.6. The van der Waals surface area contributed by atoms with E-state index in [9.17, 15) is 9.59 Å². The molecule has 4 nitrogen and oxygen atoms in total. The van der Waals surface area contributed by atoms with Crippen molar-refractivity contribution in [3.8, 4) is 0 Å². The van der Waals surface area contributed by atoms with Crippen LogP contribution in [0.25, 0.3) is 0 Å². The molecule has 1 aliphatic heterocycles. The van der Waals surface area contributed by atoms with Gasteiger partial charge in [-0.3, -0.25) is 9.59 Å². The summed E-state index contributed by atoms with van der Waals surface area (Å²) in [6.07, 6.45) is 3.37. The second kappa shape index (κ2) is 6.08. The standard InChI is InChI=1S/C17H20N2O2S/c1-3-14-15-5-4-6-18(15)7-8-19(14)17(21)10-13-9-16(12(2)20)22-11-13/h4-6,9,11,14H,3,7-8,10H2,1-2H3. The first-order valence-electron chi connectivity index (χ1n) is 7.63. The molecule has 1 atom stereocenters. The molecule has 5 heteroatoms. The molecular formula is C17H20N2O2S. The molecule has 3 rings (SSSR count). The summed E-state index contributed by atoms with van der Waals surface area (Å²) >= 11 is 1.42. The maximum Gasteiger partial charge on any atom is 0.227 e. The third-order valence-corrected chi connectivity index (χ3v) is 5.31. The SMILES string of the molecule is CCC1c2cccn2CCN1C(=O)Cc1csc(C(C)=O)c1. The Balaban J connectivity index is 1.75. The Bertz CT molecular complexity index is 701. The molecule has 0 N–H and O–H groups in total. The van der Waals surface area contributed by atoms with Gasteiger partial charge in [0.1, 0.15) is 0 Å². The summed E-state index contributed by atoms with van der Waals surface area (Å²) in [5.41, 5.74) is 2.16. The van der Waals surface area contributed by atoms with Gasteiger partial charge in [-0.05, 0) is 42.5 Å². The van der Waals surface area contributed by atoms with Gasteiger partial charge in [0.2, 0.25) is 5.91 Å². The van der Waals surface area contributed by atoms with E-state index in [0.717, 1.165) is 30.0 Å². The predicted molar refractivity (Wildman–Crippen MR) is 87.2 cm³/mol. The number of Topliss-reactive ketones (excluding diaryl/α,β-unsaturated/α-hetero) is 1. The number of thiophene rings is 1. The van der Waals surface area contributed by atoms with Crippen molar-refractivity contribution in [2.45, 2.75) is 39.3 Å². The monoisotopic (exact) mass is 316 g/mol. The van der Waals surface area contributed by atoms with Gasteiger partial charge >= 0.3 is 0 Å². The van der Waals surface area contributed by atoms with Crippen LogP contribution in [0, 0.1) is 0 Å². The largest absolute Gasteiger partial charge is 0.348 e. The second-order valence-corrected chi connectivity index (χ2v) is 6.60. The normalized spacial score (nSPS) is 17.4. The number of ketones is 1. The summed E-state index contributed by atoms with van der Waals surface area (Å²) < 4.78 is 2.23. The summed E-state index contributed by atoms with van der Waals surface area (Å²) in [7, 11) is 0. The van der Waals surface area contributed by atoms with Crippen molar-refractivity contribution in [3.05, 3.63) is 45.9 Å². The Kier molecular flexibility index (Phi) is 4.16. The molecule has 0 fully saturated rings. The van der Waals surface area contributed by atoms with Crippen molar-refractivity contribution >= 4 is 23.0 Å². The zero-order chi connectivity index (χ0) is 15.7. The lowest BCUT2D eigenvalue weighted by Crippen LogP contribution is -2.42. The van der Waals surface area contributed by atoms with Crippen molar-refractivity contribution in [1.82, 2.24) is 9.47 Å². The van der Waals surface area contributed by atoms with Gasteiger partial charge in [-0.15, -0.1) is 11.3 Å². The highest BCUT2D eigenvalue weighted by molar-refractivity contribution is 7.12. The van der Waals surface area contributed by atoms with Crippen LogP contribution in [0.5, 0.6) is 0 Å². The van der Waals surface area contributed by atoms with Crippen molar-refractivity contribution in [2.24, 2.45) is 0 Å². The lowest BCUT2D eigenvalue weighted by atomic mass is 10.1. The van der Waals surface area contributed by atoms with Gasteiger partial charge < -0.3 is 9.47 Å². The maximum atomic E-state index is 12.7. The molecule has 0 aliphatic carbocycles. The highest BCUT2D eigenvalue weighted by atomic mass is 32.1. The van der Waals surface area contributed by atoms with E-state index in [0.29, 0.717) is 6.42 Å². The maximum absolute atomic E-state index is 12.7. The van der Waals surface area contributed by atoms with Crippen LogP contribution in [0.4, 0.5) is 0 Å². The molecule has 1 amide bonds.